The van der Waals surface area contributed by atoms with Crippen molar-refractivity contribution in [2.75, 3.05) is 46.7 Å². The first kappa shape index (κ1) is 22.4. The van der Waals surface area contributed by atoms with Crippen molar-refractivity contribution < 1.29 is 23.6 Å². The molecule has 8 heteroatoms. The molecule has 0 unspecified atom stereocenters. The normalized spacial score (nSPS) is 14.8. The molecule has 1 aromatic rings. The van der Waals surface area contributed by atoms with E-state index < -0.39 is 5.97 Å². The van der Waals surface area contributed by atoms with E-state index in [1.807, 2.05) is 0 Å². The molecule has 1 N–H and O–H groups in total. The van der Waals surface area contributed by atoms with E-state index in [1.54, 1.807) is 27.9 Å². The van der Waals surface area contributed by atoms with Gasteiger partial charge in [0.25, 0.3) is 11.8 Å². The summed E-state index contributed by atoms with van der Waals surface area (Å²) in [6.07, 6.45) is 4.68. The van der Waals surface area contributed by atoms with Crippen LogP contribution in [0, 0.1) is 6.92 Å². The molecule has 1 aliphatic carbocycles. The summed E-state index contributed by atoms with van der Waals surface area (Å²) in [6, 6.07) is 0.478. The molecule has 0 aromatic carbocycles. The Labute approximate surface area is 171 Å². The van der Waals surface area contributed by atoms with Gasteiger partial charge in [0, 0.05) is 14.1 Å². The first-order chi connectivity index (χ1) is 13.1. The summed E-state index contributed by atoms with van der Waals surface area (Å²) in [7, 11) is 7.46. The van der Waals surface area contributed by atoms with Crippen molar-refractivity contribution in [1.82, 2.24) is 4.90 Å². The van der Waals surface area contributed by atoms with E-state index in [-0.39, 0.29) is 24.0 Å². The van der Waals surface area contributed by atoms with Gasteiger partial charge in [0.15, 0.2) is 6.54 Å². The number of nitrogens with one attached hydrogen (secondary N) is 1. The summed E-state index contributed by atoms with van der Waals surface area (Å²) < 4.78 is 5.77. The molecule has 1 fully saturated rings. The van der Waals surface area contributed by atoms with E-state index in [2.05, 4.69) is 19.4 Å². The number of carbonyl (C=O) groups is 3. The fraction of sp³-hybridized carbons (Fsp3) is 0.650. The number of hydrogen-bond donors (Lipinski definition) is 1. The summed E-state index contributed by atoms with van der Waals surface area (Å²) in [4.78, 5) is 39.6. The molecule has 2 rings (SSSR count). The maximum Gasteiger partial charge on any atom is 0.341 e. The Morgan fingerprint density at radius 1 is 1.21 bits per heavy atom. The minimum absolute atomic E-state index is 0.160. The molecule has 0 aliphatic heterocycles. The molecule has 28 heavy (non-hydrogen) atoms. The topological polar surface area (TPSA) is 75.7 Å². The third kappa shape index (κ3) is 4.91. The smallest absolute Gasteiger partial charge is 0.341 e. The molecule has 0 saturated heterocycles. The lowest BCUT2D eigenvalue weighted by Gasteiger charge is -2.35. The van der Waals surface area contributed by atoms with Gasteiger partial charge < -0.3 is 19.4 Å². The van der Waals surface area contributed by atoms with Gasteiger partial charge in [0.1, 0.15) is 5.00 Å². The van der Waals surface area contributed by atoms with Crippen molar-refractivity contribution in [1.29, 1.82) is 0 Å². The highest BCUT2D eigenvalue weighted by atomic mass is 32.1. The quantitative estimate of drug-likeness (QED) is 0.554. The number of amides is 2. The van der Waals surface area contributed by atoms with Gasteiger partial charge >= 0.3 is 5.97 Å². The second-order valence-electron chi connectivity index (χ2n) is 8.10. The molecule has 0 radical (unpaired) electrons. The third-order valence-electron chi connectivity index (χ3n) is 5.34. The van der Waals surface area contributed by atoms with Gasteiger partial charge in [-0.2, -0.15) is 0 Å². The standard InChI is InChI=1S/C20H31N3O4S/c1-7-27-20(26)16-13(2)17(19(25)22(3)4)28-18(16)21-15(24)12-23(5,6)14-10-8-9-11-14/h14H,7-12H2,1-6H3/p+1. The van der Waals surface area contributed by atoms with Crippen LogP contribution < -0.4 is 5.32 Å². The Balaban J connectivity index is 2.27. The number of rotatable bonds is 7. The highest BCUT2D eigenvalue weighted by Gasteiger charge is 2.34. The van der Waals surface area contributed by atoms with E-state index in [4.69, 9.17) is 4.74 Å². The van der Waals surface area contributed by atoms with Crippen LogP contribution in [0.2, 0.25) is 0 Å². The lowest BCUT2D eigenvalue weighted by atomic mass is 10.1. The molecule has 156 valence electrons. The fourth-order valence-corrected chi connectivity index (χ4v) is 4.96. The van der Waals surface area contributed by atoms with Gasteiger partial charge in [-0.05, 0) is 45.1 Å². The van der Waals surface area contributed by atoms with Gasteiger partial charge in [0.05, 0.1) is 37.2 Å². The zero-order valence-electron chi connectivity index (χ0n) is 17.8. The van der Waals surface area contributed by atoms with Crippen molar-refractivity contribution >= 4 is 34.1 Å². The van der Waals surface area contributed by atoms with Crippen LogP contribution in [-0.4, -0.2) is 74.6 Å². The molecule has 1 heterocycles. The number of quaternary nitrogens is 1. The molecule has 0 spiro atoms. The zero-order chi connectivity index (χ0) is 21.1. The molecular formula is C20H32N3O4S+. The summed E-state index contributed by atoms with van der Waals surface area (Å²) in [5.74, 6) is -0.878. The lowest BCUT2D eigenvalue weighted by Crippen LogP contribution is -2.51. The van der Waals surface area contributed by atoms with Gasteiger partial charge in [-0.3, -0.25) is 9.59 Å². The van der Waals surface area contributed by atoms with Crippen molar-refractivity contribution in [2.45, 2.75) is 45.6 Å². The number of thiophene rings is 1. The molecule has 1 saturated carbocycles. The minimum Gasteiger partial charge on any atom is -0.462 e. The highest BCUT2D eigenvalue weighted by molar-refractivity contribution is 7.18. The van der Waals surface area contributed by atoms with Crippen LogP contribution in [0.25, 0.3) is 0 Å². The summed E-state index contributed by atoms with van der Waals surface area (Å²) >= 11 is 1.13. The molecule has 1 aromatic heterocycles. The molecule has 2 amide bonds. The van der Waals surface area contributed by atoms with Gasteiger partial charge in [-0.25, -0.2) is 4.79 Å². The summed E-state index contributed by atoms with van der Waals surface area (Å²) in [5, 5.41) is 3.26. The van der Waals surface area contributed by atoms with Gasteiger partial charge in [-0.1, -0.05) is 0 Å². The molecule has 7 nitrogen and oxygen atoms in total. The van der Waals surface area contributed by atoms with Crippen LogP contribution >= 0.6 is 11.3 Å². The average Bonchev–Trinajstić information content (AvgIpc) is 3.22. The Bertz CT molecular complexity index is 749. The monoisotopic (exact) mass is 410 g/mol. The Hall–Kier alpha value is -1.93. The van der Waals surface area contributed by atoms with Crippen LogP contribution in [0.5, 0.6) is 0 Å². The lowest BCUT2D eigenvalue weighted by molar-refractivity contribution is -0.906. The van der Waals surface area contributed by atoms with Crippen LogP contribution in [-0.2, 0) is 9.53 Å². The van der Waals surface area contributed by atoms with E-state index >= 15 is 0 Å². The minimum atomic E-state index is -0.520. The van der Waals surface area contributed by atoms with Gasteiger partial charge in [-0.15, -0.1) is 11.3 Å². The number of esters is 1. The van der Waals surface area contributed by atoms with Gasteiger partial charge in [0.2, 0.25) is 0 Å². The number of anilines is 1. The number of likely N-dealkylation sites (N-methyl/N-ethyl adjacent to an activating group) is 1. The highest BCUT2D eigenvalue weighted by Crippen LogP contribution is 2.35. The van der Waals surface area contributed by atoms with Crippen molar-refractivity contribution in [3.8, 4) is 0 Å². The first-order valence-electron chi connectivity index (χ1n) is 9.73. The van der Waals surface area contributed by atoms with E-state index in [9.17, 15) is 14.4 Å². The van der Waals surface area contributed by atoms with Crippen LogP contribution in [0.15, 0.2) is 0 Å². The SMILES string of the molecule is CCOC(=O)c1c(NC(=O)C[N+](C)(C)C2CCCC2)sc(C(=O)N(C)C)c1C. The van der Waals surface area contributed by atoms with Crippen LogP contribution in [0.4, 0.5) is 5.00 Å². The average molecular weight is 411 g/mol. The van der Waals surface area contributed by atoms with Crippen molar-refractivity contribution in [2.24, 2.45) is 0 Å². The third-order valence-corrected chi connectivity index (χ3v) is 6.54. The number of hydrogen-bond acceptors (Lipinski definition) is 5. The van der Waals surface area contributed by atoms with Crippen LogP contribution in [0.3, 0.4) is 0 Å². The Kier molecular flexibility index (Phi) is 7.22. The molecule has 1 aliphatic rings. The number of carbonyl (C=O) groups excluding carboxylic acids is 3. The zero-order valence-corrected chi connectivity index (χ0v) is 18.6. The van der Waals surface area contributed by atoms with E-state index in [1.165, 1.54) is 17.7 Å². The second-order valence-corrected chi connectivity index (χ2v) is 9.12. The molecule has 0 bridgehead atoms. The van der Waals surface area contributed by atoms with E-state index in [0.29, 0.717) is 32.5 Å². The summed E-state index contributed by atoms with van der Waals surface area (Å²) in [6.45, 7) is 3.99. The maximum absolute atomic E-state index is 12.8. The Morgan fingerprint density at radius 2 is 1.82 bits per heavy atom. The predicted octanol–water partition coefficient (Wildman–Crippen LogP) is 2.89. The Morgan fingerprint density at radius 3 is 2.36 bits per heavy atom. The van der Waals surface area contributed by atoms with Crippen molar-refractivity contribution in [3.63, 3.8) is 0 Å². The summed E-state index contributed by atoms with van der Waals surface area (Å²) in [5.41, 5.74) is 0.818. The molecular weight excluding hydrogens is 378 g/mol. The van der Waals surface area contributed by atoms with Crippen molar-refractivity contribution in [3.05, 3.63) is 16.0 Å². The second kappa shape index (κ2) is 9.05. The predicted molar refractivity (Wildman–Crippen MR) is 111 cm³/mol. The number of nitrogens with zero attached hydrogens (tertiary/aromatic N) is 2. The van der Waals surface area contributed by atoms with Crippen LogP contribution in [0.1, 0.15) is 58.2 Å². The number of ether oxygens (including phenoxy) is 1. The maximum atomic E-state index is 12.8. The first-order valence-corrected chi connectivity index (χ1v) is 10.5. The van der Waals surface area contributed by atoms with E-state index in [0.717, 1.165) is 24.2 Å². The largest absolute Gasteiger partial charge is 0.462 e. The fourth-order valence-electron chi connectivity index (χ4n) is 3.73. The molecule has 0 atom stereocenters.